The summed E-state index contributed by atoms with van der Waals surface area (Å²) in [5.74, 6) is 0.1000. The molecule has 0 aliphatic rings. The number of carbonyl (C=O) groups is 1. The highest BCUT2D eigenvalue weighted by Gasteiger charge is 2.11. The fourth-order valence-corrected chi connectivity index (χ4v) is 2.70. The lowest BCUT2D eigenvalue weighted by Crippen LogP contribution is -2.03. The van der Waals surface area contributed by atoms with E-state index in [1.807, 2.05) is 12.1 Å². The van der Waals surface area contributed by atoms with Crippen LogP contribution in [-0.2, 0) is 0 Å². The molecule has 0 saturated carbocycles. The van der Waals surface area contributed by atoms with Gasteiger partial charge in [0, 0.05) is 21.6 Å². The predicted molar refractivity (Wildman–Crippen MR) is 77.2 cm³/mol. The fourth-order valence-electron chi connectivity index (χ4n) is 1.49. The number of hydrogen-bond donors (Lipinski definition) is 0. The first-order valence-electron chi connectivity index (χ1n) is 5.60. The molecule has 1 rings (SSSR count). The van der Waals surface area contributed by atoms with Gasteiger partial charge in [0.15, 0.2) is 5.78 Å². The summed E-state index contributed by atoms with van der Waals surface area (Å²) in [6.07, 6.45) is 8.22. The number of ketones is 1. The first-order chi connectivity index (χ1) is 8.15. The molecule has 17 heavy (non-hydrogen) atoms. The number of pyridine rings is 1. The minimum absolute atomic E-state index is 0.1000. The maximum Gasteiger partial charge on any atom is 0.182 e. The van der Waals surface area contributed by atoms with Crippen molar-refractivity contribution in [2.75, 3.05) is 0 Å². The molecule has 1 aromatic rings. The molecule has 0 aliphatic carbocycles. The van der Waals surface area contributed by atoms with Gasteiger partial charge in [-0.3, -0.25) is 9.78 Å². The second kappa shape index (κ2) is 7.77. The number of carbonyl (C=O) groups excluding carboxylic acids is 1. The molecule has 0 radical (unpaired) electrons. The minimum atomic E-state index is 0.1000. The van der Waals surface area contributed by atoms with Crippen molar-refractivity contribution < 1.29 is 4.79 Å². The van der Waals surface area contributed by atoms with Crippen LogP contribution in [0, 0.1) is 0 Å². The number of rotatable bonds is 7. The molecule has 0 N–H and O–H groups in total. The van der Waals surface area contributed by atoms with E-state index in [1.165, 1.54) is 0 Å². The zero-order valence-electron chi connectivity index (χ0n) is 9.59. The summed E-state index contributed by atoms with van der Waals surface area (Å²) >= 11 is 6.67. The summed E-state index contributed by atoms with van der Waals surface area (Å²) < 4.78 is 1.62. The number of unbranched alkanes of at least 4 members (excludes halogenated alkanes) is 3. The third-order valence-electron chi connectivity index (χ3n) is 2.38. The van der Waals surface area contributed by atoms with E-state index < -0.39 is 0 Å². The predicted octanol–water partition coefficient (Wildman–Crippen LogP) is 4.93. The summed E-state index contributed by atoms with van der Waals surface area (Å²) in [6.45, 7) is 3.67. The maximum absolute atomic E-state index is 11.9. The van der Waals surface area contributed by atoms with Crippen LogP contribution in [0.1, 0.15) is 42.6 Å². The van der Waals surface area contributed by atoms with Gasteiger partial charge >= 0.3 is 0 Å². The van der Waals surface area contributed by atoms with E-state index in [0.717, 1.165) is 34.6 Å². The molecule has 4 heteroatoms. The first kappa shape index (κ1) is 14.6. The SMILES string of the molecule is C=CCCCCCC(=O)c1ncc(Br)cc1Br. The quantitative estimate of drug-likeness (QED) is 0.392. The van der Waals surface area contributed by atoms with Crippen LogP contribution in [0.3, 0.4) is 0 Å². The molecule has 92 valence electrons. The summed E-state index contributed by atoms with van der Waals surface area (Å²) in [6, 6.07) is 1.85. The van der Waals surface area contributed by atoms with Crippen molar-refractivity contribution in [3.8, 4) is 0 Å². The van der Waals surface area contributed by atoms with Gasteiger partial charge in [0.1, 0.15) is 5.69 Å². The Balaban J connectivity index is 2.44. The number of Topliss-reactive ketones (excluding diaryl/α,β-unsaturated/α-hetero) is 1. The molecule has 1 heterocycles. The Bertz CT molecular complexity index is 404. The van der Waals surface area contributed by atoms with Crippen LogP contribution in [0.4, 0.5) is 0 Å². The molecule has 0 unspecified atom stereocenters. The van der Waals surface area contributed by atoms with Crippen LogP contribution in [-0.4, -0.2) is 10.8 Å². The first-order valence-corrected chi connectivity index (χ1v) is 7.19. The zero-order valence-corrected chi connectivity index (χ0v) is 12.8. The van der Waals surface area contributed by atoms with E-state index in [2.05, 4.69) is 43.4 Å². The molecule has 0 amide bonds. The highest BCUT2D eigenvalue weighted by molar-refractivity contribution is 9.11. The van der Waals surface area contributed by atoms with Crippen molar-refractivity contribution in [3.05, 3.63) is 39.6 Å². The minimum Gasteiger partial charge on any atom is -0.292 e. The number of allylic oxidation sites excluding steroid dienone is 1. The van der Waals surface area contributed by atoms with Crippen molar-refractivity contribution in [1.82, 2.24) is 4.98 Å². The van der Waals surface area contributed by atoms with E-state index >= 15 is 0 Å². The summed E-state index contributed by atoms with van der Waals surface area (Å²) in [5, 5.41) is 0. The summed E-state index contributed by atoms with van der Waals surface area (Å²) in [5.41, 5.74) is 0.525. The van der Waals surface area contributed by atoms with Crippen LogP contribution in [0.15, 0.2) is 33.9 Å². The van der Waals surface area contributed by atoms with Crippen LogP contribution in [0.25, 0.3) is 0 Å². The molecule has 0 spiro atoms. The highest BCUT2D eigenvalue weighted by atomic mass is 79.9. The fraction of sp³-hybridized carbons (Fsp3) is 0.385. The maximum atomic E-state index is 11.9. The van der Waals surface area contributed by atoms with Crippen LogP contribution < -0.4 is 0 Å². The average molecular weight is 361 g/mol. The Morgan fingerprint density at radius 3 is 2.76 bits per heavy atom. The number of aromatic nitrogens is 1. The second-order valence-electron chi connectivity index (χ2n) is 3.80. The Hall–Kier alpha value is -0.480. The molecule has 0 aliphatic heterocycles. The lowest BCUT2D eigenvalue weighted by molar-refractivity contribution is 0.0973. The van der Waals surface area contributed by atoms with Gasteiger partial charge in [-0.15, -0.1) is 6.58 Å². The van der Waals surface area contributed by atoms with Gasteiger partial charge in [0.2, 0.25) is 0 Å². The van der Waals surface area contributed by atoms with E-state index in [9.17, 15) is 4.79 Å². The van der Waals surface area contributed by atoms with E-state index in [4.69, 9.17) is 0 Å². The van der Waals surface area contributed by atoms with Crippen LogP contribution in [0.5, 0.6) is 0 Å². The molecular formula is C13H15Br2NO. The summed E-state index contributed by atoms with van der Waals surface area (Å²) in [4.78, 5) is 16.0. The molecule has 0 aromatic carbocycles. The second-order valence-corrected chi connectivity index (χ2v) is 5.57. The topological polar surface area (TPSA) is 30.0 Å². The molecular weight excluding hydrogens is 346 g/mol. The van der Waals surface area contributed by atoms with Gasteiger partial charge in [-0.25, -0.2) is 0 Å². The van der Waals surface area contributed by atoms with Crippen molar-refractivity contribution in [2.45, 2.75) is 32.1 Å². The lowest BCUT2D eigenvalue weighted by Gasteiger charge is -2.03. The van der Waals surface area contributed by atoms with Crippen molar-refractivity contribution in [3.63, 3.8) is 0 Å². The Morgan fingerprint density at radius 1 is 1.35 bits per heavy atom. The van der Waals surface area contributed by atoms with Gasteiger partial charge in [-0.1, -0.05) is 12.5 Å². The lowest BCUT2D eigenvalue weighted by atomic mass is 10.1. The van der Waals surface area contributed by atoms with E-state index in [1.54, 1.807) is 6.20 Å². The summed E-state index contributed by atoms with van der Waals surface area (Å²) in [7, 11) is 0. The number of hydrogen-bond acceptors (Lipinski definition) is 2. The zero-order chi connectivity index (χ0) is 12.7. The molecule has 0 bridgehead atoms. The molecule has 0 saturated heterocycles. The third-order valence-corrected chi connectivity index (χ3v) is 3.42. The standard InChI is InChI=1S/C13H15Br2NO/c1-2-3-4-5-6-7-12(17)13-11(15)8-10(14)9-16-13/h2,8-9H,1,3-7H2. The molecule has 0 fully saturated rings. The monoisotopic (exact) mass is 359 g/mol. The van der Waals surface area contributed by atoms with E-state index in [-0.39, 0.29) is 5.78 Å². The van der Waals surface area contributed by atoms with Crippen molar-refractivity contribution in [1.29, 1.82) is 0 Å². The molecule has 0 atom stereocenters. The largest absolute Gasteiger partial charge is 0.292 e. The molecule has 2 nitrogen and oxygen atoms in total. The number of halogens is 2. The van der Waals surface area contributed by atoms with Gasteiger partial charge in [-0.2, -0.15) is 0 Å². The highest BCUT2D eigenvalue weighted by Crippen LogP contribution is 2.21. The van der Waals surface area contributed by atoms with Gasteiger partial charge in [-0.05, 0) is 57.2 Å². The average Bonchev–Trinajstić information content (AvgIpc) is 2.28. The number of nitrogens with zero attached hydrogens (tertiary/aromatic N) is 1. The van der Waals surface area contributed by atoms with Crippen LogP contribution in [0.2, 0.25) is 0 Å². The van der Waals surface area contributed by atoms with Crippen molar-refractivity contribution >= 4 is 37.6 Å². The van der Waals surface area contributed by atoms with E-state index in [0.29, 0.717) is 12.1 Å². The van der Waals surface area contributed by atoms with Gasteiger partial charge < -0.3 is 0 Å². The Labute approximate surface area is 119 Å². The van der Waals surface area contributed by atoms with Gasteiger partial charge in [0.25, 0.3) is 0 Å². The van der Waals surface area contributed by atoms with Crippen LogP contribution >= 0.6 is 31.9 Å². The van der Waals surface area contributed by atoms with Crippen molar-refractivity contribution in [2.24, 2.45) is 0 Å². The Morgan fingerprint density at radius 2 is 2.12 bits per heavy atom. The normalized spacial score (nSPS) is 10.2. The molecule has 1 aromatic heterocycles. The van der Waals surface area contributed by atoms with Gasteiger partial charge in [0.05, 0.1) is 0 Å². The smallest absolute Gasteiger partial charge is 0.182 e. The third kappa shape index (κ3) is 5.13. The Kier molecular flexibility index (Phi) is 6.66.